The molecule has 1 aliphatic heterocycles. The average molecular weight is 535 g/mol. The molecule has 0 unspecified atom stereocenters. The zero-order chi connectivity index (χ0) is 20.6. The number of aliphatic imine (C=N–C) groups is 1. The summed E-state index contributed by atoms with van der Waals surface area (Å²) in [6.45, 7) is 7.08. The summed E-state index contributed by atoms with van der Waals surface area (Å²) in [5.74, 6) is 1.10. The van der Waals surface area contributed by atoms with Gasteiger partial charge in [-0.25, -0.2) is 13.8 Å². The molecule has 0 aliphatic carbocycles. The van der Waals surface area contributed by atoms with Gasteiger partial charge in [-0.1, -0.05) is 0 Å². The minimum atomic E-state index is -0.485. The van der Waals surface area contributed by atoms with E-state index in [1.165, 1.54) is 0 Å². The maximum atomic E-state index is 13.9. The number of morpholine rings is 1. The second-order valence-electron chi connectivity index (χ2n) is 6.86. The molecule has 2 heterocycles. The first-order chi connectivity index (χ1) is 14.0. The number of nitrogens with zero attached hydrogens (tertiary/aromatic N) is 5. The number of hydrogen-bond acceptors (Lipinski definition) is 5. The Balaban J connectivity index is 0.00000320. The van der Waals surface area contributed by atoms with Gasteiger partial charge in [-0.15, -0.1) is 34.2 Å². The second-order valence-corrected chi connectivity index (χ2v) is 6.86. The third kappa shape index (κ3) is 7.13. The number of nitrogens with one attached hydrogen (secondary N) is 2. The number of halogens is 3. The Morgan fingerprint density at radius 2 is 1.97 bits per heavy atom. The highest BCUT2D eigenvalue weighted by molar-refractivity contribution is 14.0. The van der Waals surface area contributed by atoms with Crippen molar-refractivity contribution in [3.63, 3.8) is 0 Å². The van der Waals surface area contributed by atoms with Crippen molar-refractivity contribution in [2.75, 3.05) is 39.4 Å². The molecule has 1 aromatic carbocycles. The molecular formula is C19H28F2IN7O. The zero-order valence-corrected chi connectivity index (χ0v) is 19.5. The van der Waals surface area contributed by atoms with Crippen molar-refractivity contribution < 1.29 is 13.5 Å². The van der Waals surface area contributed by atoms with Gasteiger partial charge in [0.15, 0.2) is 11.8 Å². The van der Waals surface area contributed by atoms with E-state index in [4.69, 9.17) is 4.74 Å². The normalized spacial score (nSPS) is 15.0. The first kappa shape index (κ1) is 24.4. The van der Waals surface area contributed by atoms with Gasteiger partial charge in [-0.2, -0.15) is 0 Å². The highest BCUT2D eigenvalue weighted by Crippen LogP contribution is 2.10. The zero-order valence-electron chi connectivity index (χ0n) is 17.2. The SMILES string of the molecule is Cc1nnc(CNC(=NCc2cc(F)ccc2F)NCCN2CCOCC2)n1C.I. The van der Waals surface area contributed by atoms with Crippen molar-refractivity contribution in [1.82, 2.24) is 30.3 Å². The summed E-state index contributed by atoms with van der Waals surface area (Å²) in [4.78, 5) is 6.72. The summed E-state index contributed by atoms with van der Waals surface area (Å²) < 4.78 is 34.6. The second kappa shape index (κ2) is 12.1. The van der Waals surface area contributed by atoms with Crippen LogP contribution in [0.2, 0.25) is 0 Å². The number of aromatic nitrogens is 3. The molecule has 0 atom stereocenters. The van der Waals surface area contributed by atoms with Crippen molar-refractivity contribution in [3.8, 4) is 0 Å². The topological polar surface area (TPSA) is 79.6 Å². The highest BCUT2D eigenvalue weighted by atomic mass is 127. The highest BCUT2D eigenvalue weighted by Gasteiger charge is 2.11. The Morgan fingerprint density at radius 3 is 2.67 bits per heavy atom. The average Bonchev–Trinajstić information content (AvgIpc) is 3.04. The number of ether oxygens (including phenoxy) is 1. The van der Waals surface area contributed by atoms with Gasteiger partial charge in [-0.3, -0.25) is 4.90 Å². The van der Waals surface area contributed by atoms with Crippen LogP contribution in [0.5, 0.6) is 0 Å². The third-order valence-corrected chi connectivity index (χ3v) is 4.84. The van der Waals surface area contributed by atoms with E-state index in [2.05, 4.69) is 30.7 Å². The van der Waals surface area contributed by atoms with Crippen LogP contribution in [0.25, 0.3) is 0 Å². The lowest BCUT2D eigenvalue weighted by Crippen LogP contribution is -2.44. The van der Waals surface area contributed by atoms with Crippen LogP contribution in [0.4, 0.5) is 8.78 Å². The molecule has 1 fully saturated rings. The molecule has 11 heteroatoms. The van der Waals surface area contributed by atoms with Gasteiger partial charge in [0.05, 0.1) is 26.3 Å². The molecule has 0 amide bonds. The fraction of sp³-hybridized carbons (Fsp3) is 0.526. The number of rotatable bonds is 7. The van der Waals surface area contributed by atoms with Crippen molar-refractivity contribution >= 4 is 29.9 Å². The molecule has 1 aromatic heterocycles. The number of guanidine groups is 1. The molecular weight excluding hydrogens is 507 g/mol. The lowest BCUT2D eigenvalue weighted by atomic mass is 10.2. The fourth-order valence-corrected chi connectivity index (χ4v) is 2.93. The van der Waals surface area contributed by atoms with Gasteiger partial charge in [0.1, 0.15) is 17.5 Å². The van der Waals surface area contributed by atoms with Crippen molar-refractivity contribution in [3.05, 3.63) is 47.0 Å². The van der Waals surface area contributed by atoms with Crippen molar-refractivity contribution in [2.45, 2.75) is 20.0 Å². The van der Waals surface area contributed by atoms with Crippen LogP contribution in [0.3, 0.4) is 0 Å². The lowest BCUT2D eigenvalue weighted by Gasteiger charge is -2.26. The van der Waals surface area contributed by atoms with Gasteiger partial charge in [0, 0.05) is 38.8 Å². The first-order valence-electron chi connectivity index (χ1n) is 9.64. The molecule has 0 radical (unpaired) electrons. The van der Waals surface area contributed by atoms with Gasteiger partial charge < -0.3 is 19.9 Å². The van der Waals surface area contributed by atoms with Crippen LogP contribution < -0.4 is 10.6 Å². The minimum absolute atomic E-state index is 0. The maximum absolute atomic E-state index is 13.9. The Morgan fingerprint density at radius 1 is 1.20 bits per heavy atom. The van der Waals surface area contributed by atoms with E-state index in [9.17, 15) is 8.78 Å². The van der Waals surface area contributed by atoms with E-state index in [1.807, 2.05) is 18.5 Å². The Bertz CT molecular complexity index is 840. The summed E-state index contributed by atoms with van der Waals surface area (Å²) in [5.41, 5.74) is 0.203. The monoisotopic (exact) mass is 535 g/mol. The standard InChI is InChI=1S/C19H27F2N7O.HI/c1-14-25-26-18(27(14)2)13-24-19(22-5-6-28-7-9-29-10-8-28)23-12-15-11-16(20)3-4-17(15)21;/h3-4,11H,5-10,12-13H2,1-2H3,(H2,22,23,24);1H. The number of aryl methyl sites for hydroxylation is 1. The van der Waals surface area contributed by atoms with Crippen molar-refractivity contribution in [1.29, 1.82) is 0 Å². The Kier molecular flexibility index (Phi) is 9.85. The summed E-state index contributed by atoms with van der Waals surface area (Å²) >= 11 is 0. The number of benzene rings is 1. The van der Waals surface area contributed by atoms with Crippen LogP contribution in [0.1, 0.15) is 17.2 Å². The predicted molar refractivity (Wildman–Crippen MR) is 121 cm³/mol. The van der Waals surface area contributed by atoms with E-state index in [0.29, 0.717) is 19.0 Å². The van der Waals surface area contributed by atoms with Gasteiger partial charge in [-0.05, 0) is 25.1 Å². The molecule has 3 rings (SSSR count). The molecule has 30 heavy (non-hydrogen) atoms. The van der Waals surface area contributed by atoms with E-state index in [1.54, 1.807) is 0 Å². The first-order valence-corrected chi connectivity index (χ1v) is 9.64. The van der Waals surface area contributed by atoms with E-state index >= 15 is 0 Å². The summed E-state index contributed by atoms with van der Waals surface area (Å²) in [6.07, 6.45) is 0. The van der Waals surface area contributed by atoms with E-state index < -0.39 is 11.6 Å². The smallest absolute Gasteiger partial charge is 0.192 e. The predicted octanol–water partition coefficient (Wildman–Crippen LogP) is 1.59. The largest absolute Gasteiger partial charge is 0.379 e. The molecule has 2 aromatic rings. The molecule has 0 bridgehead atoms. The molecule has 166 valence electrons. The van der Waals surface area contributed by atoms with Crippen LogP contribution in [0.15, 0.2) is 23.2 Å². The molecule has 0 saturated carbocycles. The molecule has 1 aliphatic rings. The van der Waals surface area contributed by atoms with Crippen LogP contribution in [-0.2, 0) is 24.9 Å². The third-order valence-electron chi connectivity index (χ3n) is 4.84. The van der Waals surface area contributed by atoms with E-state index in [-0.39, 0.29) is 36.1 Å². The van der Waals surface area contributed by atoms with E-state index in [0.717, 1.165) is 62.7 Å². The lowest BCUT2D eigenvalue weighted by molar-refractivity contribution is 0.0389. The Hall–Kier alpha value is -1.86. The summed E-state index contributed by atoms with van der Waals surface area (Å²) in [7, 11) is 1.89. The van der Waals surface area contributed by atoms with Crippen LogP contribution in [0, 0.1) is 18.6 Å². The summed E-state index contributed by atoms with van der Waals surface area (Å²) in [6, 6.07) is 3.37. The van der Waals surface area contributed by atoms with Gasteiger partial charge in [0.2, 0.25) is 0 Å². The molecule has 1 saturated heterocycles. The van der Waals surface area contributed by atoms with Crippen molar-refractivity contribution in [2.24, 2.45) is 12.0 Å². The number of hydrogen-bond donors (Lipinski definition) is 2. The minimum Gasteiger partial charge on any atom is -0.379 e. The Labute approximate surface area is 192 Å². The fourth-order valence-electron chi connectivity index (χ4n) is 2.93. The van der Waals surface area contributed by atoms with Crippen LogP contribution in [-0.4, -0.2) is 65.0 Å². The summed E-state index contributed by atoms with van der Waals surface area (Å²) in [5, 5.41) is 14.6. The molecule has 2 N–H and O–H groups in total. The quantitative estimate of drug-likeness (QED) is 0.319. The van der Waals surface area contributed by atoms with Gasteiger partial charge >= 0.3 is 0 Å². The molecule has 8 nitrogen and oxygen atoms in total. The molecule has 0 spiro atoms. The van der Waals surface area contributed by atoms with Crippen LogP contribution >= 0.6 is 24.0 Å². The maximum Gasteiger partial charge on any atom is 0.192 e. The van der Waals surface area contributed by atoms with Gasteiger partial charge in [0.25, 0.3) is 0 Å².